The molecule has 1 aromatic rings. The maximum absolute atomic E-state index is 12.2. The van der Waals surface area contributed by atoms with Crippen molar-refractivity contribution in [3.8, 4) is 0 Å². The van der Waals surface area contributed by atoms with Gasteiger partial charge in [-0.1, -0.05) is 6.92 Å². The van der Waals surface area contributed by atoms with Gasteiger partial charge >= 0.3 is 5.82 Å². The molecule has 0 bridgehead atoms. The first kappa shape index (κ1) is 14.8. The Hall–Kier alpha value is -1.56. The molecule has 1 aliphatic rings. The van der Waals surface area contributed by atoms with E-state index in [-0.39, 0.29) is 17.4 Å². The third-order valence-electron chi connectivity index (χ3n) is 3.98. The molecule has 1 saturated carbocycles. The van der Waals surface area contributed by atoms with E-state index in [4.69, 9.17) is 11.6 Å². The van der Waals surface area contributed by atoms with Crippen molar-refractivity contribution in [2.45, 2.75) is 38.1 Å². The number of hydrogen-bond acceptors (Lipinski definition) is 3. The molecule has 1 aliphatic carbocycles. The van der Waals surface area contributed by atoms with Gasteiger partial charge in [0.2, 0.25) is 0 Å². The van der Waals surface area contributed by atoms with E-state index in [1.54, 1.807) is 0 Å². The van der Waals surface area contributed by atoms with Crippen molar-refractivity contribution < 1.29 is 9.72 Å². The highest BCUT2D eigenvalue weighted by atomic mass is 35.5. The maximum Gasteiger partial charge on any atom is 0.321 e. The summed E-state index contributed by atoms with van der Waals surface area (Å²) in [6.07, 6.45) is 3.73. The second kappa shape index (κ2) is 5.83. The summed E-state index contributed by atoms with van der Waals surface area (Å²) < 4.78 is 0. The van der Waals surface area contributed by atoms with Crippen molar-refractivity contribution in [1.29, 1.82) is 0 Å². The van der Waals surface area contributed by atoms with Gasteiger partial charge in [-0.15, -0.1) is 11.6 Å². The highest BCUT2D eigenvalue weighted by molar-refractivity contribution is 6.19. The molecule has 0 unspecified atom stereocenters. The minimum absolute atomic E-state index is 0.188. The van der Waals surface area contributed by atoms with Gasteiger partial charge in [0.15, 0.2) is 5.69 Å². The Bertz CT molecular complexity index is 507. The maximum atomic E-state index is 12.2. The number of carbonyl (C=O) groups excluding carboxylic acids is 1. The molecule has 0 atom stereocenters. The van der Waals surface area contributed by atoms with Crippen LogP contribution < -0.4 is 5.32 Å². The largest absolute Gasteiger partial charge is 0.358 e. The number of nitrogens with one attached hydrogen (secondary N) is 2. The van der Waals surface area contributed by atoms with Crippen LogP contribution in [0.4, 0.5) is 5.82 Å². The van der Waals surface area contributed by atoms with Gasteiger partial charge < -0.3 is 15.4 Å². The van der Waals surface area contributed by atoms with Crippen LogP contribution in [0.3, 0.4) is 0 Å². The van der Waals surface area contributed by atoms with Crippen molar-refractivity contribution in [2.24, 2.45) is 5.92 Å². The van der Waals surface area contributed by atoms with Gasteiger partial charge in [0.25, 0.3) is 5.91 Å². The number of nitrogens with zero attached hydrogens (tertiary/aromatic N) is 1. The van der Waals surface area contributed by atoms with Gasteiger partial charge in [0, 0.05) is 11.9 Å². The van der Waals surface area contributed by atoms with E-state index in [0.717, 1.165) is 25.7 Å². The van der Waals surface area contributed by atoms with Crippen LogP contribution in [0.5, 0.6) is 0 Å². The lowest BCUT2D eigenvalue weighted by atomic mass is 9.78. The second-order valence-corrected chi connectivity index (χ2v) is 5.83. The predicted molar refractivity (Wildman–Crippen MR) is 76.0 cm³/mol. The number of hydrogen-bond donors (Lipinski definition) is 2. The van der Waals surface area contributed by atoms with Crippen LogP contribution in [0.15, 0.2) is 12.1 Å². The fraction of sp³-hybridized carbons (Fsp3) is 0.615. The minimum atomic E-state index is -0.559. The van der Waals surface area contributed by atoms with Crippen molar-refractivity contribution in [3.05, 3.63) is 27.9 Å². The lowest BCUT2D eigenvalue weighted by Crippen LogP contribution is -2.52. The average Bonchev–Trinajstić information content (AvgIpc) is 2.92. The molecule has 0 aromatic carbocycles. The first-order valence-corrected chi connectivity index (χ1v) is 7.21. The first-order chi connectivity index (χ1) is 9.46. The molecular weight excluding hydrogens is 282 g/mol. The van der Waals surface area contributed by atoms with Crippen LogP contribution in [0, 0.1) is 16.0 Å². The number of aromatic amines is 1. The molecular formula is C13H18ClN3O3. The number of nitro groups is 1. The lowest BCUT2D eigenvalue weighted by Gasteiger charge is -2.38. The summed E-state index contributed by atoms with van der Waals surface area (Å²) in [6, 6.07) is 2.70. The number of alkyl halides is 1. The Kier molecular flexibility index (Phi) is 4.32. The third-order valence-corrected chi connectivity index (χ3v) is 4.49. The molecule has 0 aliphatic heterocycles. The molecule has 1 amide bonds. The normalized spacial score (nSPS) is 26.2. The Labute approximate surface area is 122 Å². The van der Waals surface area contributed by atoms with E-state index < -0.39 is 10.5 Å². The number of amides is 1. The zero-order chi connectivity index (χ0) is 14.8. The van der Waals surface area contributed by atoms with Crippen LogP contribution in [-0.2, 0) is 0 Å². The number of halogens is 1. The molecule has 2 N–H and O–H groups in total. The zero-order valence-corrected chi connectivity index (χ0v) is 12.1. The Morgan fingerprint density at radius 2 is 2.20 bits per heavy atom. The van der Waals surface area contributed by atoms with Crippen molar-refractivity contribution in [3.63, 3.8) is 0 Å². The quantitative estimate of drug-likeness (QED) is 0.509. The molecule has 1 fully saturated rings. The molecule has 0 radical (unpaired) electrons. The van der Waals surface area contributed by atoms with Crippen molar-refractivity contribution in [2.75, 3.05) is 5.88 Å². The van der Waals surface area contributed by atoms with Gasteiger partial charge in [-0.25, -0.2) is 4.98 Å². The number of H-pyrrole nitrogens is 1. The molecule has 0 saturated heterocycles. The summed E-state index contributed by atoms with van der Waals surface area (Å²) in [4.78, 5) is 24.7. The van der Waals surface area contributed by atoms with Gasteiger partial charge in [-0.05, 0) is 42.6 Å². The van der Waals surface area contributed by atoms with Gasteiger partial charge in [-0.2, -0.15) is 0 Å². The van der Waals surface area contributed by atoms with Crippen LogP contribution in [-0.4, -0.2) is 27.2 Å². The van der Waals surface area contributed by atoms with E-state index in [1.807, 2.05) is 0 Å². The van der Waals surface area contributed by atoms with E-state index in [1.165, 1.54) is 12.1 Å². The summed E-state index contributed by atoms with van der Waals surface area (Å²) in [5.41, 5.74) is -0.204. The van der Waals surface area contributed by atoms with Crippen LogP contribution in [0.1, 0.15) is 43.1 Å². The molecule has 7 heteroatoms. The SMILES string of the molecule is CC1CCC(CCl)(NC(=O)c2ccc([N+](=O)[O-])[nH]2)CC1. The summed E-state index contributed by atoms with van der Waals surface area (Å²) in [6.45, 7) is 2.19. The van der Waals surface area contributed by atoms with Gasteiger partial charge in [0.05, 0.1) is 5.54 Å². The smallest absolute Gasteiger partial charge is 0.321 e. The molecule has 6 nitrogen and oxygen atoms in total. The Balaban J connectivity index is 2.07. The number of carbonyl (C=O) groups is 1. The van der Waals surface area contributed by atoms with Crippen LogP contribution >= 0.6 is 11.6 Å². The van der Waals surface area contributed by atoms with Crippen molar-refractivity contribution in [1.82, 2.24) is 10.3 Å². The molecule has 110 valence electrons. The third kappa shape index (κ3) is 3.12. The molecule has 0 spiro atoms. The Morgan fingerprint density at radius 3 is 2.70 bits per heavy atom. The molecule has 1 aromatic heterocycles. The lowest BCUT2D eigenvalue weighted by molar-refractivity contribution is -0.389. The first-order valence-electron chi connectivity index (χ1n) is 6.68. The van der Waals surface area contributed by atoms with E-state index in [0.29, 0.717) is 11.8 Å². The van der Waals surface area contributed by atoms with Crippen LogP contribution in [0.25, 0.3) is 0 Å². The molecule has 20 heavy (non-hydrogen) atoms. The average molecular weight is 300 g/mol. The standard InChI is InChI=1S/C13H18ClN3O3/c1-9-4-6-13(8-14,7-5-9)16-12(18)10-2-3-11(15-10)17(19)20/h2-3,9,15H,4-8H2,1H3,(H,16,18). The van der Waals surface area contributed by atoms with Crippen molar-refractivity contribution >= 4 is 23.3 Å². The van der Waals surface area contributed by atoms with Crippen LogP contribution in [0.2, 0.25) is 0 Å². The number of rotatable bonds is 4. The fourth-order valence-electron chi connectivity index (χ4n) is 2.54. The van der Waals surface area contributed by atoms with Gasteiger partial charge in [0.1, 0.15) is 0 Å². The fourth-order valence-corrected chi connectivity index (χ4v) is 2.87. The summed E-state index contributed by atoms with van der Waals surface area (Å²) in [5, 5.41) is 13.6. The number of aromatic nitrogens is 1. The predicted octanol–water partition coefficient (Wildman–Crippen LogP) is 2.84. The van der Waals surface area contributed by atoms with E-state index in [9.17, 15) is 14.9 Å². The highest BCUT2D eigenvalue weighted by Crippen LogP contribution is 2.33. The summed E-state index contributed by atoms with van der Waals surface area (Å²) in [5.74, 6) is 0.476. The monoisotopic (exact) mass is 299 g/mol. The van der Waals surface area contributed by atoms with E-state index in [2.05, 4.69) is 17.2 Å². The topological polar surface area (TPSA) is 88.0 Å². The van der Waals surface area contributed by atoms with E-state index >= 15 is 0 Å². The minimum Gasteiger partial charge on any atom is -0.358 e. The molecule has 1 heterocycles. The van der Waals surface area contributed by atoms with Gasteiger partial charge in [-0.3, -0.25) is 4.79 Å². The molecule has 2 rings (SSSR count). The highest BCUT2D eigenvalue weighted by Gasteiger charge is 2.35. The second-order valence-electron chi connectivity index (χ2n) is 5.56. The zero-order valence-electron chi connectivity index (χ0n) is 11.3. The summed E-state index contributed by atoms with van der Waals surface area (Å²) >= 11 is 6.04. The Morgan fingerprint density at radius 1 is 1.55 bits per heavy atom. The summed E-state index contributed by atoms with van der Waals surface area (Å²) in [7, 11) is 0.